The van der Waals surface area contributed by atoms with Gasteiger partial charge < -0.3 is 0 Å². The molecule has 0 saturated carbocycles. The van der Waals surface area contributed by atoms with Gasteiger partial charge in [0.15, 0.2) is 0 Å². The Morgan fingerprint density at radius 1 is 0.875 bits per heavy atom. The van der Waals surface area contributed by atoms with Gasteiger partial charge in [0.05, 0.1) is 0 Å². The summed E-state index contributed by atoms with van der Waals surface area (Å²) in [6.07, 6.45) is 0. The number of rotatable bonds is 5. The maximum Gasteiger partial charge on any atom is 0.00388 e. The lowest BCUT2D eigenvalue weighted by Gasteiger charge is -1.93. The van der Waals surface area contributed by atoms with Gasteiger partial charge in [-0.3, -0.25) is 0 Å². The molecule has 0 aliphatic heterocycles. The minimum Gasteiger partial charge on any atom is -0.0945 e. The molecule has 0 atom stereocenters. The third-order valence-electron chi connectivity index (χ3n) is 0.658. The van der Waals surface area contributed by atoms with Crippen molar-refractivity contribution in [2.75, 3.05) is 11.5 Å². The quantitative estimate of drug-likeness (QED) is 0.332. The Morgan fingerprint density at radius 2 is 1.25 bits per heavy atom. The molecule has 0 saturated heterocycles. The molecule has 0 amide bonds. The van der Waals surface area contributed by atoms with Crippen molar-refractivity contribution in [3.05, 3.63) is 0 Å². The average molecular weight is 182 g/mol. The lowest BCUT2D eigenvalue weighted by atomic mass is 11.0. The zero-order chi connectivity index (χ0) is 6.24. The molecule has 50 valence electrons. The normalized spacial score (nSPS) is 10.5. The van der Waals surface area contributed by atoms with E-state index < -0.39 is 0 Å². The number of hydrogen-bond acceptors (Lipinski definition) is 2. The lowest BCUT2D eigenvalue weighted by Crippen LogP contribution is -1.74. The Hall–Kier alpha value is 1.13. The van der Waals surface area contributed by atoms with Gasteiger partial charge in [-0.05, 0) is 0 Å². The fourth-order valence-corrected chi connectivity index (χ4v) is 5.56. The van der Waals surface area contributed by atoms with Gasteiger partial charge in [0.2, 0.25) is 0 Å². The summed E-state index contributed by atoms with van der Waals surface area (Å²) in [7, 11) is 6.87. The second-order valence-corrected chi connectivity index (χ2v) is 6.35. The molecular formula is C4H14S2Si2. The van der Waals surface area contributed by atoms with Crippen molar-refractivity contribution in [1.29, 1.82) is 0 Å². The first-order chi connectivity index (χ1) is 3.91. The summed E-state index contributed by atoms with van der Waals surface area (Å²) in [6.45, 7) is 0. The second kappa shape index (κ2) is 8.13. The van der Waals surface area contributed by atoms with Crippen molar-refractivity contribution < 1.29 is 0 Å². The third-order valence-corrected chi connectivity index (χ3v) is 5.92. The molecule has 8 heavy (non-hydrogen) atoms. The zero-order valence-electron chi connectivity index (χ0n) is 5.64. The van der Waals surface area contributed by atoms with E-state index in [-0.39, 0.29) is 0 Å². The molecule has 0 aliphatic rings. The molecule has 0 aromatic carbocycles. The third kappa shape index (κ3) is 7.13. The molecule has 0 rings (SSSR count). The lowest BCUT2D eigenvalue weighted by molar-refractivity contribution is 1.51. The van der Waals surface area contributed by atoms with E-state index in [0.717, 1.165) is 0 Å². The highest BCUT2D eigenvalue weighted by molar-refractivity contribution is 8.76. The van der Waals surface area contributed by atoms with Crippen molar-refractivity contribution in [1.82, 2.24) is 0 Å². The summed E-state index contributed by atoms with van der Waals surface area (Å²) in [6, 6.07) is 2.91. The fourth-order valence-electron chi connectivity index (χ4n) is 0.285. The van der Waals surface area contributed by atoms with Gasteiger partial charge in [0, 0.05) is 32.0 Å². The molecule has 0 fully saturated rings. The van der Waals surface area contributed by atoms with Crippen LogP contribution in [0, 0.1) is 0 Å². The maximum absolute atomic E-state index is 2.05. The van der Waals surface area contributed by atoms with E-state index in [9.17, 15) is 0 Å². The topological polar surface area (TPSA) is 0 Å². The van der Waals surface area contributed by atoms with Crippen molar-refractivity contribution in [3.63, 3.8) is 0 Å². The number of hydrogen-bond donors (Lipinski definition) is 0. The summed E-state index contributed by atoms with van der Waals surface area (Å²) in [5.74, 6) is 2.77. The molecule has 0 aromatic rings. The van der Waals surface area contributed by atoms with Gasteiger partial charge in [-0.2, -0.15) is 0 Å². The molecule has 0 nitrogen and oxygen atoms in total. The average Bonchev–Trinajstić information content (AvgIpc) is 1.81. The van der Waals surface area contributed by atoms with Gasteiger partial charge >= 0.3 is 0 Å². The SMILES string of the molecule is [SiH3]CCSSCC[SiH3]. The van der Waals surface area contributed by atoms with Crippen molar-refractivity contribution in [2.24, 2.45) is 0 Å². The molecule has 4 heteroatoms. The molecule has 0 aromatic heterocycles. The van der Waals surface area contributed by atoms with Crippen LogP contribution in [0.25, 0.3) is 0 Å². The van der Waals surface area contributed by atoms with Crippen LogP contribution in [0.15, 0.2) is 0 Å². The molecule has 0 unspecified atom stereocenters. The molecule has 0 radical (unpaired) electrons. The van der Waals surface area contributed by atoms with Crippen molar-refractivity contribution >= 4 is 42.1 Å². The van der Waals surface area contributed by atoms with Gasteiger partial charge in [-0.15, -0.1) is 0 Å². The Morgan fingerprint density at radius 3 is 1.50 bits per heavy atom. The van der Waals surface area contributed by atoms with Crippen LogP contribution in [0.1, 0.15) is 0 Å². The minimum absolute atomic E-state index is 1.38. The van der Waals surface area contributed by atoms with E-state index in [1.165, 1.54) is 44.1 Å². The summed E-state index contributed by atoms with van der Waals surface area (Å²) in [5.41, 5.74) is 0. The van der Waals surface area contributed by atoms with Gasteiger partial charge in [-0.1, -0.05) is 33.7 Å². The molecule has 0 N–H and O–H groups in total. The van der Waals surface area contributed by atoms with Crippen LogP contribution in [0.5, 0.6) is 0 Å². The molecule has 0 heterocycles. The van der Waals surface area contributed by atoms with Crippen LogP contribution in [-0.4, -0.2) is 32.0 Å². The standard InChI is InChI=1S/C4H14S2Si2/c7-3-1-5-6-2-4-8/h1-4H2,7-8H3. The first kappa shape index (κ1) is 9.13. The molecular weight excluding hydrogens is 168 g/mol. The fraction of sp³-hybridized carbons (Fsp3) is 1.00. The predicted molar refractivity (Wildman–Crippen MR) is 54.4 cm³/mol. The molecule has 0 bridgehead atoms. The summed E-state index contributed by atoms with van der Waals surface area (Å²) in [5, 5.41) is 0. The molecule has 0 aliphatic carbocycles. The highest BCUT2D eigenvalue weighted by atomic mass is 33.1. The van der Waals surface area contributed by atoms with Crippen molar-refractivity contribution in [3.8, 4) is 0 Å². The Bertz CT molecular complexity index is 37.0. The van der Waals surface area contributed by atoms with E-state index in [4.69, 9.17) is 0 Å². The van der Waals surface area contributed by atoms with Gasteiger partial charge in [0.1, 0.15) is 0 Å². The van der Waals surface area contributed by atoms with E-state index >= 15 is 0 Å². The van der Waals surface area contributed by atoms with Crippen LogP contribution in [-0.2, 0) is 0 Å². The summed E-state index contributed by atoms with van der Waals surface area (Å²) in [4.78, 5) is 0. The van der Waals surface area contributed by atoms with Crippen LogP contribution >= 0.6 is 21.6 Å². The van der Waals surface area contributed by atoms with Gasteiger partial charge in [0.25, 0.3) is 0 Å². The largest absolute Gasteiger partial charge is 0.0945 e. The van der Waals surface area contributed by atoms with Crippen LogP contribution in [0.3, 0.4) is 0 Å². The van der Waals surface area contributed by atoms with Crippen LogP contribution in [0.4, 0.5) is 0 Å². The van der Waals surface area contributed by atoms with Gasteiger partial charge in [-0.25, -0.2) is 0 Å². The zero-order valence-corrected chi connectivity index (χ0v) is 11.3. The van der Waals surface area contributed by atoms with Crippen LogP contribution in [0.2, 0.25) is 12.1 Å². The predicted octanol–water partition coefficient (Wildman–Crippen LogP) is -0.0648. The first-order valence-corrected chi connectivity index (χ1v) is 8.47. The van der Waals surface area contributed by atoms with E-state index in [1.807, 2.05) is 0 Å². The van der Waals surface area contributed by atoms with E-state index in [1.54, 1.807) is 0 Å². The monoisotopic (exact) mass is 182 g/mol. The van der Waals surface area contributed by atoms with Crippen molar-refractivity contribution in [2.45, 2.75) is 12.1 Å². The summed E-state index contributed by atoms with van der Waals surface area (Å²) < 4.78 is 0. The highest BCUT2D eigenvalue weighted by Gasteiger charge is 1.83. The minimum atomic E-state index is 1.38. The van der Waals surface area contributed by atoms with E-state index in [0.29, 0.717) is 0 Å². The van der Waals surface area contributed by atoms with E-state index in [2.05, 4.69) is 21.6 Å². The summed E-state index contributed by atoms with van der Waals surface area (Å²) >= 11 is 0. The Kier molecular flexibility index (Phi) is 9.29. The smallest absolute Gasteiger partial charge is 0.00388 e. The first-order valence-electron chi connectivity index (χ1n) is 3.16. The highest BCUT2D eigenvalue weighted by Crippen LogP contribution is 2.21. The Balaban J connectivity index is 2.53. The second-order valence-electron chi connectivity index (χ2n) is 1.64. The maximum atomic E-state index is 2.05. The van der Waals surface area contributed by atoms with Crippen LogP contribution < -0.4 is 0 Å². The molecule has 0 spiro atoms. The Labute approximate surface area is 65.8 Å².